The molecule has 2 aliphatic heterocycles. The number of anilines is 2. The third kappa shape index (κ3) is 3.29. The molecule has 2 aliphatic rings. The second-order valence-corrected chi connectivity index (χ2v) is 6.45. The van der Waals surface area contributed by atoms with Crippen molar-refractivity contribution in [2.75, 3.05) is 29.4 Å². The molecule has 3 atom stereocenters. The summed E-state index contributed by atoms with van der Waals surface area (Å²) in [6, 6.07) is 4.15. The average molecular weight is 349 g/mol. The molecular weight excluding hydrogens is 329 g/mol. The number of amides is 2. The van der Waals surface area contributed by atoms with E-state index < -0.39 is 18.0 Å². The van der Waals surface area contributed by atoms with E-state index >= 15 is 0 Å². The van der Waals surface area contributed by atoms with Crippen molar-refractivity contribution in [3.63, 3.8) is 0 Å². The van der Waals surface area contributed by atoms with Gasteiger partial charge in [0.1, 0.15) is 18.2 Å². The molecule has 0 radical (unpaired) electrons. The first-order valence-corrected chi connectivity index (χ1v) is 8.14. The Balaban J connectivity index is 1.71. The van der Waals surface area contributed by atoms with Crippen LogP contribution in [0.1, 0.15) is 13.8 Å². The van der Waals surface area contributed by atoms with E-state index in [1.54, 1.807) is 17.0 Å². The van der Waals surface area contributed by atoms with Gasteiger partial charge in [0.2, 0.25) is 5.91 Å². The fraction of sp³-hybridized carbons (Fsp3) is 0.471. The Kier molecular flexibility index (Phi) is 4.61. The highest BCUT2D eigenvalue weighted by molar-refractivity contribution is 5.90. The standard InChI is InChI=1S/C17H20FN3O4/c1-10-7-21(16(10)9-22)15-4-3-12(5-14(15)18)20-8-13(25-17(20)24)6-19-11(2)23/h3-5,9-10,13,16H,6-8H2,1-2H3,(H,19,23)/t10-,13-,16+/m0/s1. The highest BCUT2D eigenvalue weighted by Gasteiger charge is 2.37. The first-order valence-electron chi connectivity index (χ1n) is 8.14. The van der Waals surface area contributed by atoms with Crippen LogP contribution in [-0.2, 0) is 14.3 Å². The molecule has 0 spiro atoms. The van der Waals surface area contributed by atoms with Crippen LogP contribution in [0.25, 0.3) is 0 Å². The maximum atomic E-state index is 14.5. The summed E-state index contributed by atoms with van der Waals surface area (Å²) in [4.78, 5) is 37.1. The quantitative estimate of drug-likeness (QED) is 0.811. The van der Waals surface area contributed by atoms with Crippen molar-refractivity contribution in [3.8, 4) is 0 Å². The lowest BCUT2D eigenvalue weighted by Gasteiger charge is -2.45. The van der Waals surface area contributed by atoms with E-state index in [0.717, 1.165) is 6.29 Å². The second kappa shape index (κ2) is 6.70. The summed E-state index contributed by atoms with van der Waals surface area (Å²) in [6.07, 6.45) is -0.230. The number of aldehydes is 1. The van der Waals surface area contributed by atoms with Gasteiger partial charge in [0.25, 0.3) is 0 Å². The second-order valence-electron chi connectivity index (χ2n) is 6.45. The first kappa shape index (κ1) is 17.2. The van der Waals surface area contributed by atoms with Crippen LogP contribution in [0.2, 0.25) is 0 Å². The number of carbonyl (C=O) groups excluding carboxylic acids is 3. The summed E-state index contributed by atoms with van der Waals surface area (Å²) in [5, 5.41) is 2.59. The minimum Gasteiger partial charge on any atom is -0.442 e. The van der Waals surface area contributed by atoms with E-state index in [9.17, 15) is 18.8 Å². The molecule has 7 nitrogen and oxygen atoms in total. The van der Waals surface area contributed by atoms with E-state index in [4.69, 9.17) is 4.74 Å². The summed E-state index contributed by atoms with van der Waals surface area (Å²) in [7, 11) is 0. The number of nitrogens with zero attached hydrogens (tertiary/aromatic N) is 2. The maximum Gasteiger partial charge on any atom is 0.414 e. The number of benzene rings is 1. The van der Waals surface area contributed by atoms with Gasteiger partial charge in [-0.2, -0.15) is 0 Å². The summed E-state index contributed by atoms with van der Waals surface area (Å²) in [6.45, 7) is 4.38. The molecule has 0 saturated carbocycles. The minimum atomic E-state index is -0.578. The highest BCUT2D eigenvalue weighted by Crippen LogP contribution is 2.34. The van der Waals surface area contributed by atoms with E-state index in [2.05, 4.69) is 5.32 Å². The fourth-order valence-electron chi connectivity index (χ4n) is 3.17. The van der Waals surface area contributed by atoms with E-state index in [-0.39, 0.29) is 31.0 Å². The number of cyclic esters (lactones) is 1. The fourth-order valence-corrected chi connectivity index (χ4v) is 3.17. The van der Waals surface area contributed by atoms with Crippen LogP contribution in [0.4, 0.5) is 20.6 Å². The van der Waals surface area contributed by atoms with E-state index in [0.29, 0.717) is 17.9 Å². The van der Waals surface area contributed by atoms with Crippen molar-refractivity contribution in [2.24, 2.45) is 5.92 Å². The molecule has 0 bridgehead atoms. The molecule has 8 heteroatoms. The Labute approximate surface area is 144 Å². The summed E-state index contributed by atoms with van der Waals surface area (Å²) in [5.41, 5.74) is 0.731. The summed E-state index contributed by atoms with van der Waals surface area (Å²) < 4.78 is 19.7. The van der Waals surface area contributed by atoms with Gasteiger partial charge in [-0.15, -0.1) is 0 Å². The number of hydrogen-bond acceptors (Lipinski definition) is 5. The lowest BCUT2D eigenvalue weighted by Crippen LogP contribution is -2.56. The van der Waals surface area contributed by atoms with Gasteiger partial charge in [-0.1, -0.05) is 6.92 Å². The van der Waals surface area contributed by atoms with Crippen LogP contribution < -0.4 is 15.1 Å². The SMILES string of the molecule is CC(=O)NC[C@H]1CN(c2ccc(N3C[C@H](C)[C@H]3C=O)c(F)c2)C(=O)O1. The molecule has 0 aliphatic carbocycles. The molecule has 1 aromatic carbocycles. The van der Waals surface area contributed by atoms with Gasteiger partial charge in [-0.05, 0) is 18.2 Å². The molecular formula is C17H20FN3O4. The van der Waals surface area contributed by atoms with Gasteiger partial charge >= 0.3 is 6.09 Å². The first-order chi connectivity index (χ1) is 11.9. The van der Waals surface area contributed by atoms with Crippen LogP contribution in [0.15, 0.2) is 18.2 Å². The van der Waals surface area contributed by atoms with Crippen molar-refractivity contribution in [1.82, 2.24) is 5.32 Å². The van der Waals surface area contributed by atoms with Crippen LogP contribution >= 0.6 is 0 Å². The molecule has 0 aromatic heterocycles. The number of hydrogen-bond donors (Lipinski definition) is 1. The van der Waals surface area contributed by atoms with Gasteiger partial charge < -0.3 is 19.7 Å². The summed E-state index contributed by atoms with van der Waals surface area (Å²) >= 11 is 0. The van der Waals surface area contributed by atoms with Gasteiger partial charge in [0, 0.05) is 19.4 Å². The van der Waals surface area contributed by atoms with Crippen molar-refractivity contribution < 1.29 is 23.5 Å². The lowest BCUT2D eigenvalue weighted by atomic mass is 9.90. The number of rotatable bonds is 5. The zero-order chi connectivity index (χ0) is 18.1. The number of carbonyl (C=O) groups is 3. The average Bonchev–Trinajstić information content (AvgIpc) is 2.92. The summed E-state index contributed by atoms with van der Waals surface area (Å²) in [5.74, 6) is -0.507. The monoisotopic (exact) mass is 349 g/mol. The largest absolute Gasteiger partial charge is 0.442 e. The zero-order valence-corrected chi connectivity index (χ0v) is 14.1. The minimum absolute atomic E-state index is 0.194. The Morgan fingerprint density at radius 1 is 1.44 bits per heavy atom. The van der Waals surface area contributed by atoms with Gasteiger partial charge in [0.15, 0.2) is 0 Å². The molecule has 2 saturated heterocycles. The normalized spacial score (nSPS) is 25.4. The number of ether oxygens (including phenoxy) is 1. The maximum absolute atomic E-state index is 14.5. The van der Waals surface area contributed by atoms with Crippen molar-refractivity contribution >= 4 is 29.7 Å². The molecule has 134 valence electrons. The zero-order valence-electron chi connectivity index (χ0n) is 14.1. The molecule has 1 N–H and O–H groups in total. The molecule has 2 heterocycles. The number of nitrogens with one attached hydrogen (secondary N) is 1. The molecule has 25 heavy (non-hydrogen) atoms. The Hall–Kier alpha value is -2.64. The van der Waals surface area contributed by atoms with Crippen LogP contribution in [0.3, 0.4) is 0 Å². The van der Waals surface area contributed by atoms with Crippen molar-refractivity contribution in [1.29, 1.82) is 0 Å². The topological polar surface area (TPSA) is 79.0 Å². The van der Waals surface area contributed by atoms with Crippen LogP contribution in [0.5, 0.6) is 0 Å². The third-order valence-electron chi connectivity index (χ3n) is 4.57. The Morgan fingerprint density at radius 2 is 2.20 bits per heavy atom. The molecule has 2 fully saturated rings. The van der Waals surface area contributed by atoms with Crippen molar-refractivity contribution in [3.05, 3.63) is 24.0 Å². The van der Waals surface area contributed by atoms with Gasteiger partial charge in [-0.3, -0.25) is 9.69 Å². The molecule has 3 rings (SSSR count). The lowest BCUT2D eigenvalue weighted by molar-refractivity contribution is -0.119. The molecule has 1 aromatic rings. The van der Waals surface area contributed by atoms with Gasteiger partial charge in [0.05, 0.1) is 30.5 Å². The van der Waals surface area contributed by atoms with E-state index in [1.807, 2.05) is 6.92 Å². The van der Waals surface area contributed by atoms with Crippen LogP contribution in [-0.4, -0.2) is 50.1 Å². The molecule has 0 unspecified atom stereocenters. The predicted octanol–water partition coefficient (Wildman–Crippen LogP) is 1.31. The predicted molar refractivity (Wildman–Crippen MR) is 89.1 cm³/mol. The van der Waals surface area contributed by atoms with E-state index in [1.165, 1.54) is 17.9 Å². The van der Waals surface area contributed by atoms with Crippen molar-refractivity contribution in [2.45, 2.75) is 26.0 Å². The number of halogens is 1. The van der Waals surface area contributed by atoms with Crippen LogP contribution in [0, 0.1) is 11.7 Å². The smallest absolute Gasteiger partial charge is 0.414 e. The third-order valence-corrected chi connectivity index (χ3v) is 4.57. The Morgan fingerprint density at radius 3 is 2.80 bits per heavy atom. The van der Waals surface area contributed by atoms with Gasteiger partial charge in [-0.25, -0.2) is 9.18 Å². The molecule has 2 amide bonds. The Bertz CT molecular complexity index is 711. The highest BCUT2D eigenvalue weighted by atomic mass is 19.1.